The molecule has 0 bridgehead atoms. The normalized spacial score (nSPS) is 16.2. The van der Waals surface area contributed by atoms with Crippen LogP contribution >= 0.6 is 0 Å². The first kappa shape index (κ1) is 17.4. The van der Waals surface area contributed by atoms with E-state index in [0.717, 1.165) is 28.1 Å². The molecule has 0 aliphatic carbocycles. The Morgan fingerprint density at radius 2 is 1.79 bits per heavy atom. The van der Waals surface area contributed by atoms with Gasteiger partial charge in [0.15, 0.2) is 5.65 Å². The van der Waals surface area contributed by atoms with Crippen LogP contribution in [0.2, 0.25) is 0 Å². The summed E-state index contributed by atoms with van der Waals surface area (Å²) in [6.45, 7) is 1.16. The lowest BCUT2D eigenvalue weighted by molar-refractivity contribution is 0.125. The Bertz CT molecular complexity index is 1170. The summed E-state index contributed by atoms with van der Waals surface area (Å²) < 4.78 is 13.3. The van der Waals surface area contributed by atoms with Crippen molar-refractivity contribution in [2.24, 2.45) is 0 Å². The molecule has 2 N–H and O–H groups in total. The van der Waals surface area contributed by atoms with E-state index in [1.165, 1.54) is 6.33 Å². The summed E-state index contributed by atoms with van der Waals surface area (Å²) in [7, 11) is 0. The van der Waals surface area contributed by atoms with Gasteiger partial charge >= 0.3 is 0 Å². The van der Waals surface area contributed by atoms with Gasteiger partial charge in [-0.2, -0.15) is 5.10 Å². The number of aromatic nitrogens is 4. The fourth-order valence-electron chi connectivity index (χ4n) is 3.41. The highest BCUT2D eigenvalue weighted by atomic mass is 16.5. The Kier molecular flexibility index (Phi) is 4.42. The lowest BCUT2D eigenvalue weighted by Crippen LogP contribution is -2.18. The standard InChI is InChI=1S/C22H19N5O2/c23-21-19-20(15-8-10-18(11-9-15)29-17-6-2-1-3-7-17)26-27(22(19)25-14-24-21)16-5-4-12-28-13-16/h1-11,14,16H,12-13H2,(H2,23,24,25). The highest BCUT2D eigenvalue weighted by molar-refractivity contribution is 5.98. The van der Waals surface area contributed by atoms with Crippen LogP contribution in [0, 0.1) is 0 Å². The van der Waals surface area contributed by atoms with Crippen LogP contribution in [-0.4, -0.2) is 33.0 Å². The maximum Gasteiger partial charge on any atom is 0.164 e. The number of hydrogen-bond acceptors (Lipinski definition) is 6. The average Bonchev–Trinajstić information content (AvgIpc) is 3.17. The SMILES string of the molecule is Nc1ncnc2c1c(-c1ccc(Oc3ccccc3)cc1)nn2C1C=CCOC1. The maximum atomic E-state index is 6.19. The summed E-state index contributed by atoms with van der Waals surface area (Å²) in [5, 5.41) is 5.56. The van der Waals surface area contributed by atoms with Gasteiger partial charge in [0.2, 0.25) is 0 Å². The van der Waals surface area contributed by atoms with Crippen LogP contribution < -0.4 is 10.5 Å². The van der Waals surface area contributed by atoms with Crippen molar-refractivity contribution < 1.29 is 9.47 Å². The third-order valence-electron chi connectivity index (χ3n) is 4.80. The molecule has 29 heavy (non-hydrogen) atoms. The van der Waals surface area contributed by atoms with E-state index in [4.69, 9.17) is 20.3 Å². The van der Waals surface area contributed by atoms with E-state index in [0.29, 0.717) is 24.7 Å². The van der Waals surface area contributed by atoms with E-state index in [9.17, 15) is 0 Å². The maximum absolute atomic E-state index is 6.19. The topological polar surface area (TPSA) is 88.1 Å². The van der Waals surface area contributed by atoms with Crippen molar-refractivity contribution in [2.45, 2.75) is 6.04 Å². The fourth-order valence-corrected chi connectivity index (χ4v) is 3.41. The molecule has 2 aromatic carbocycles. The second-order valence-electron chi connectivity index (χ2n) is 6.72. The summed E-state index contributed by atoms with van der Waals surface area (Å²) in [4.78, 5) is 8.60. The largest absolute Gasteiger partial charge is 0.457 e. The van der Waals surface area contributed by atoms with Crippen LogP contribution in [-0.2, 0) is 4.74 Å². The van der Waals surface area contributed by atoms with Gasteiger partial charge in [0, 0.05) is 5.56 Å². The molecule has 7 nitrogen and oxygen atoms in total. The predicted molar refractivity (Wildman–Crippen MR) is 111 cm³/mol. The molecule has 7 heteroatoms. The minimum atomic E-state index is -0.0324. The average molecular weight is 385 g/mol. The second-order valence-corrected chi connectivity index (χ2v) is 6.72. The van der Waals surface area contributed by atoms with E-state index in [1.54, 1.807) is 0 Å². The number of fused-ring (bicyclic) bond motifs is 1. The first-order chi connectivity index (χ1) is 14.3. The molecule has 1 aliphatic heterocycles. The summed E-state index contributed by atoms with van der Waals surface area (Å²) in [6, 6.07) is 17.4. The van der Waals surface area contributed by atoms with Crippen molar-refractivity contribution in [3.8, 4) is 22.8 Å². The third kappa shape index (κ3) is 3.32. The molecular weight excluding hydrogens is 366 g/mol. The first-order valence-electron chi connectivity index (χ1n) is 9.36. The van der Waals surface area contributed by atoms with Crippen LogP contribution in [0.5, 0.6) is 11.5 Å². The van der Waals surface area contributed by atoms with Gasteiger partial charge in [-0.05, 0) is 36.4 Å². The number of para-hydroxylation sites is 1. The molecular formula is C22H19N5O2. The van der Waals surface area contributed by atoms with Crippen LogP contribution in [0.4, 0.5) is 5.82 Å². The molecule has 1 atom stereocenters. The van der Waals surface area contributed by atoms with E-state index in [2.05, 4.69) is 16.0 Å². The summed E-state index contributed by atoms with van der Waals surface area (Å²) in [5.74, 6) is 1.94. The zero-order valence-corrected chi connectivity index (χ0v) is 15.6. The second kappa shape index (κ2) is 7.37. The smallest absolute Gasteiger partial charge is 0.164 e. The Morgan fingerprint density at radius 1 is 1.00 bits per heavy atom. The van der Waals surface area contributed by atoms with E-state index >= 15 is 0 Å². The molecule has 3 heterocycles. The van der Waals surface area contributed by atoms with Gasteiger partial charge in [0.1, 0.15) is 29.3 Å². The number of nitrogens with zero attached hydrogens (tertiary/aromatic N) is 4. The van der Waals surface area contributed by atoms with E-state index < -0.39 is 0 Å². The van der Waals surface area contributed by atoms with Gasteiger partial charge in [-0.3, -0.25) is 0 Å². The van der Waals surface area contributed by atoms with Gasteiger partial charge in [0.05, 0.1) is 24.6 Å². The minimum Gasteiger partial charge on any atom is -0.457 e. The number of anilines is 1. The number of benzene rings is 2. The van der Waals surface area contributed by atoms with Crippen LogP contribution in [0.15, 0.2) is 73.1 Å². The molecule has 1 unspecified atom stereocenters. The van der Waals surface area contributed by atoms with Gasteiger partial charge < -0.3 is 15.2 Å². The van der Waals surface area contributed by atoms with E-state index in [1.807, 2.05) is 65.4 Å². The fraction of sp³-hybridized carbons (Fsp3) is 0.136. The molecule has 0 radical (unpaired) electrons. The van der Waals surface area contributed by atoms with Crippen molar-refractivity contribution in [3.63, 3.8) is 0 Å². The van der Waals surface area contributed by atoms with Crippen molar-refractivity contribution in [3.05, 3.63) is 73.1 Å². The molecule has 5 rings (SSSR count). The minimum absolute atomic E-state index is 0.0324. The quantitative estimate of drug-likeness (QED) is 0.534. The Balaban J connectivity index is 1.54. The van der Waals surface area contributed by atoms with Crippen molar-refractivity contribution in [2.75, 3.05) is 18.9 Å². The molecule has 144 valence electrons. The van der Waals surface area contributed by atoms with Crippen molar-refractivity contribution in [1.82, 2.24) is 19.7 Å². The molecule has 4 aromatic rings. The lowest BCUT2D eigenvalue weighted by Gasteiger charge is -2.17. The van der Waals surface area contributed by atoms with Crippen LogP contribution in [0.1, 0.15) is 6.04 Å². The number of rotatable bonds is 4. The summed E-state index contributed by atoms with van der Waals surface area (Å²) in [5.41, 5.74) is 8.54. The lowest BCUT2D eigenvalue weighted by atomic mass is 10.1. The first-order valence-corrected chi connectivity index (χ1v) is 9.36. The number of nitrogen functional groups attached to an aromatic ring is 1. The molecule has 1 aliphatic rings. The zero-order valence-electron chi connectivity index (χ0n) is 15.6. The van der Waals surface area contributed by atoms with Gasteiger partial charge in [-0.1, -0.05) is 30.4 Å². The Hall–Kier alpha value is -3.71. The molecule has 0 amide bonds. The van der Waals surface area contributed by atoms with Gasteiger partial charge in [-0.25, -0.2) is 14.6 Å². The molecule has 0 spiro atoms. The molecule has 0 saturated carbocycles. The Morgan fingerprint density at radius 3 is 2.55 bits per heavy atom. The molecule has 0 saturated heterocycles. The van der Waals surface area contributed by atoms with E-state index in [-0.39, 0.29) is 6.04 Å². The van der Waals surface area contributed by atoms with Gasteiger partial charge in [-0.15, -0.1) is 0 Å². The summed E-state index contributed by atoms with van der Waals surface area (Å²) >= 11 is 0. The van der Waals surface area contributed by atoms with Gasteiger partial charge in [0.25, 0.3) is 0 Å². The number of ether oxygens (including phenoxy) is 2. The monoisotopic (exact) mass is 385 g/mol. The van der Waals surface area contributed by atoms with Crippen molar-refractivity contribution >= 4 is 16.9 Å². The van der Waals surface area contributed by atoms with Crippen molar-refractivity contribution in [1.29, 1.82) is 0 Å². The molecule has 0 fully saturated rings. The summed E-state index contributed by atoms with van der Waals surface area (Å²) in [6.07, 6.45) is 5.53. The zero-order chi connectivity index (χ0) is 19.6. The number of nitrogens with two attached hydrogens (primary N) is 1. The predicted octanol–water partition coefficient (Wildman–Crippen LogP) is 4.00. The number of hydrogen-bond donors (Lipinski definition) is 1. The third-order valence-corrected chi connectivity index (χ3v) is 4.80. The van der Waals surface area contributed by atoms with Crippen LogP contribution in [0.25, 0.3) is 22.3 Å². The molecule has 2 aromatic heterocycles. The Labute approximate surface area is 167 Å². The highest BCUT2D eigenvalue weighted by Crippen LogP contribution is 2.33. The van der Waals surface area contributed by atoms with Crippen LogP contribution in [0.3, 0.4) is 0 Å². The highest BCUT2D eigenvalue weighted by Gasteiger charge is 2.22.